The van der Waals surface area contributed by atoms with Crippen LogP contribution < -0.4 is 11.1 Å². The molecule has 0 heterocycles. The van der Waals surface area contributed by atoms with Gasteiger partial charge in [-0.15, -0.1) is 0 Å². The number of carbonyl (C=O) groups excluding carboxylic acids is 2. The van der Waals surface area contributed by atoms with Gasteiger partial charge in [-0.3, -0.25) is 19.5 Å². The lowest BCUT2D eigenvalue weighted by Gasteiger charge is -2.17. The molecule has 1 amide bonds. The van der Waals surface area contributed by atoms with Crippen LogP contribution in [0.5, 0.6) is 0 Å². The van der Waals surface area contributed by atoms with Crippen LogP contribution in [0.25, 0.3) is 0 Å². The number of nitrogens with two attached hydrogens (primary N) is 1. The molecule has 0 atom stereocenters. The van der Waals surface area contributed by atoms with Crippen molar-refractivity contribution in [3.63, 3.8) is 0 Å². The zero-order valence-corrected chi connectivity index (χ0v) is 11.7. The Balaban J connectivity index is 3.95. The quantitative estimate of drug-likeness (QED) is 0.537. The smallest absolute Gasteiger partial charge is 0.344 e. The average Bonchev–Trinajstić information content (AvgIpc) is 2.27. The second kappa shape index (κ2) is 9.22. The van der Waals surface area contributed by atoms with Crippen molar-refractivity contribution in [2.45, 2.75) is 26.7 Å². The van der Waals surface area contributed by atoms with Gasteiger partial charge in [-0.2, -0.15) is 0 Å². The van der Waals surface area contributed by atoms with E-state index in [4.69, 9.17) is 14.8 Å². The first-order valence-corrected chi connectivity index (χ1v) is 7.55. The second-order valence-electron chi connectivity index (χ2n) is 3.54. The first-order chi connectivity index (χ1) is 8.43. The maximum atomic E-state index is 12.0. The van der Waals surface area contributed by atoms with Gasteiger partial charge in [0, 0.05) is 12.8 Å². The van der Waals surface area contributed by atoms with Crippen molar-refractivity contribution < 1.29 is 23.2 Å². The summed E-state index contributed by atoms with van der Waals surface area (Å²) < 4.78 is 22.0. The van der Waals surface area contributed by atoms with E-state index in [9.17, 15) is 14.2 Å². The first kappa shape index (κ1) is 17.2. The predicted molar refractivity (Wildman–Crippen MR) is 67.2 cm³/mol. The first-order valence-electron chi connectivity index (χ1n) is 5.82. The van der Waals surface area contributed by atoms with Gasteiger partial charge in [-0.1, -0.05) is 0 Å². The zero-order chi connectivity index (χ0) is 14.0. The van der Waals surface area contributed by atoms with Crippen molar-refractivity contribution in [2.75, 3.05) is 26.0 Å². The molecule has 0 aliphatic heterocycles. The molecule has 0 aromatic rings. The minimum Gasteiger partial charge on any atom is -0.370 e. The van der Waals surface area contributed by atoms with Gasteiger partial charge < -0.3 is 14.8 Å². The SMILES string of the molecule is CCOP(=O)(CNCC(=O)CCC(N)=O)OCC. The van der Waals surface area contributed by atoms with Crippen molar-refractivity contribution in [3.05, 3.63) is 0 Å². The molecule has 7 nitrogen and oxygen atoms in total. The summed E-state index contributed by atoms with van der Waals surface area (Å²) >= 11 is 0. The summed E-state index contributed by atoms with van der Waals surface area (Å²) in [6, 6.07) is 0. The molecule has 106 valence electrons. The highest BCUT2D eigenvalue weighted by atomic mass is 31.2. The van der Waals surface area contributed by atoms with Crippen LogP contribution in [-0.2, 0) is 23.2 Å². The molecule has 0 aliphatic rings. The van der Waals surface area contributed by atoms with E-state index in [-0.39, 0.29) is 44.7 Å². The van der Waals surface area contributed by atoms with Gasteiger partial charge in [0.05, 0.1) is 26.0 Å². The highest BCUT2D eigenvalue weighted by Crippen LogP contribution is 2.46. The van der Waals surface area contributed by atoms with Crippen LogP contribution in [0.1, 0.15) is 26.7 Å². The van der Waals surface area contributed by atoms with Crippen LogP contribution in [0.15, 0.2) is 0 Å². The third kappa shape index (κ3) is 8.36. The fraction of sp³-hybridized carbons (Fsp3) is 0.800. The summed E-state index contributed by atoms with van der Waals surface area (Å²) in [7, 11) is -3.17. The monoisotopic (exact) mass is 280 g/mol. The number of ketones is 1. The lowest BCUT2D eigenvalue weighted by atomic mass is 10.2. The minimum atomic E-state index is -3.17. The fourth-order valence-corrected chi connectivity index (χ4v) is 2.63. The minimum absolute atomic E-state index is 0.0113. The van der Waals surface area contributed by atoms with Gasteiger partial charge in [0.15, 0.2) is 0 Å². The van der Waals surface area contributed by atoms with E-state index >= 15 is 0 Å². The molecule has 8 heteroatoms. The molecule has 0 fully saturated rings. The summed E-state index contributed by atoms with van der Waals surface area (Å²) in [6.45, 7) is 3.98. The van der Waals surface area contributed by atoms with Gasteiger partial charge in [0.1, 0.15) is 5.78 Å². The molecule has 0 aliphatic carbocycles. The van der Waals surface area contributed by atoms with E-state index in [1.165, 1.54) is 0 Å². The summed E-state index contributed by atoms with van der Waals surface area (Å²) in [6.07, 6.45) is 0.0714. The highest BCUT2D eigenvalue weighted by Gasteiger charge is 2.22. The van der Waals surface area contributed by atoms with E-state index in [2.05, 4.69) is 5.32 Å². The number of carbonyl (C=O) groups is 2. The molecule has 0 unspecified atom stereocenters. The molecule has 0 spiro atoms. The normalized spacial score (nSPS) is 11.4. The Labute approximate surface area is 107 Å². The van der Waals surface area contributed by atoms with Crippen LogP contribution in [-0.4, -0.2) is 37.7 Å². The Kier molecular flexibility index (Phi) is 8.83. The maximum absolute atomic E-state index is 12.0. The Morgan fingerprint density at radius 2 is 1.72 bits per heavy atom. The number of nitrogens with one attached hydrogen (secondary N) is 1. The van der Waals surface area contributed by atoms with Crippen LogP contribution in [0.2, 0.25) is 0 Å². The molecule has 0 bridgehead atoms. The zero-order valence-electron chi connectivity index (χ0n) is 10.8. The lowest BCUT2D eigenvalue weighted by Crippen LogP contribution is -2.26. The van der Waals surface area contributed by atoms with Crippen molar-refractivity contribution in [1.29, 1.82) is 0 Å². The van der Waals surface area contributed by atoms with Crippen molar-refractivity contribution >= 4 is 19.3 Å². The average molecular weight is 280 g/mol. The van der Waals surface area contributed by atoms with Gasteiger partial charge in [-0.05, 0) is 13.8 Å². The standard InChI is InChI=1S/C10H21N2O5P/c1-3-16-18(15,17-4-2)8-12-7-9(13)5-6-10(11)14/h12H,3-8H2,1-2H3,(H2,11,14). The molecular weight excluding hydrogens is 259 g/mol. The van der Waals surface area contributed by atoms with Gasteiger partial charge in [-0.25, -0.2) is 0 Å². The van der Waals surface area contributed by atoms with Crippen molar-refractivity contribution in [3.8, 4) is 0 Å². The second-order valence-corrected chi connectivity index (χ2v) is 5.59. The number of hydrogen-bond acceptors (Lipinski definition) is 6. The van der Waals surface area contributed by atoms with Crippen molar-refractivity contribution in [2.24, 2.45) is 5.73 Å². The summed E-state index contributed by atoms with van der Waals surface area (Å²) in [5, 5.41) is 2.70. The molecule has 0 rings (SSSR count). The Hall–Kier alpha value is -0.750. The van der Waals surface area contributed by atoms with E-state index < -0.39 is 13.5 Å². The van der Waals surface area contributed by atoms with Crippen molar-refractivity contribution in [1.82, 2.24) is 5.32 Å². The maximum Gasteiger partial charge on any atom is 0.344 e. The molecule has 0 aromatic carbocycles. The number of amides is 1. The topological polar surface area (TPSA) is 108 Å². The van der Waals surface area contributed by atoms with E-state index in [0.29, 0.717) is 0 Å². The highest BCUT2D eigenvalue weighted by molar-refractivity contribution is 7.53. The summed E-state index contributed by atoms with van der Waals surface area (Å²) in [5.41, 5.74) is 4.92. The number of Topliss-reactive ketones (excluding diaryl/α,β-unsaturated/α-hetero) is 1. The van der Waals surface area contributed by atoms with Crippen LogP contribution >= 0.6 is 7.60 Å². The van der Waals surface area contributed by atoms with Gasteiger partial charge >= 0.3 is 7.60 Å². The predicted octanol–water partition coefficient (Wildman–Crippen LogP) is 0.634. The van der Waals surface area contributed by atoms with Crippen LogP contribution in [0.3, 0.4) is 0 Å². The summed E-state index contributed by atoms with van der Waals surface area (Å²) in [4.78, 5) is 21.8. The largest absolute Gasteiger partial charge is 0.370 e. The molecular formula is C10H21N2O5P. The summed E-state index contributed by atoms with van der Waals surface area (Å²) in [5.74, 6) is -0.689. The number of primary amides is 1. The molecule has 0 radical (unpaired) electrons. The molecule has 18 heavy (non-hydrogen) atoms. The lowest BCUT2D eigenvalue weighted by molar-refractivity contribution is -0.123. The molecule has 3 N–H and O–H groups in total. The third-order valence-corrected chi connectivity index (χ3v) is 3.84. The van der Waals surface area contributed by atoms with Crippen LogP contribution in [0.4, 0.5) is 0 Å². The van der Waals surface area contributed by atoms with Gasteiger partial charge in [0.2, 0.25) is 5.91 Å². The Morgan fingerprint density at radius 3 is 2.17 bits per heavy atom. The Bertz CT molecular complexity index is 311. The Morgan fingerprint density at radius 1 is 1.17 bits per heavy atom. The fourth-order valence-electron chi connectivity index (χ4n) is 1.21. The third-order valence-electron chi connectivity index (χ3n) is 1.93. The van der Waals surface area contributed by atoms with Crippen LogP contribution in [0, 0.1) is 0 Å². The van der Waals surface area contributed by atoms with E-state index in [1.807, 2.05) is 0 Å². The number of rotatable bonds is 11. The molecule has 0 aromatic heterocycles. The molecule has 0 saturated heterocycles. The molecule has 0 saturated carbocycles. The van der Waals surface area contributed by atoms with E-state index in [1.54, 1.807) is 13.8 Å². The van der Waals surface area contributed by atoms with Gasteiger partial charge in [0.25, 0.3) is 0 Å². The number of hydrogen-bond donors (Lipinski definition) is 2. The van der Waals surface area contributed by atoms with E-state index in [0.717, 1.165) is 0 Å².